The lowest BCUT2D eigenvalue weighted by Crippen LogP contribution is -2.44. The van der Waals surface area contributed by atoms with Crippen LogP contribution in [0.15, 0.2) is 12.2 Å². The lowest BCUT2D eigenvalue weighted by Gasteiger charge is -2.27. The fourth-order valence-corrected chi connectivity index (χ4v) is 1.89. The quantitative estimate of drug-likeness (QED) is 0.487. The van der Waals surface area contributed by atoms with E-state index in [-0.39, 0.29) is 0 Å². The van der Waals surface area contributed by atoms with E-state index in [1.807, 2.05) is 6.08 Å². The molecule has 0 unspecified atom stereocenters. The summed E-state index contributed by atoms with van der Waals surface area (Å²) >= 11 is 0. The van der Waals surface area contributed by atoms with E-state index in [1.54, 1.807) is 6.08 Å². The third-order valence-electron chi connectivity index (χ3n) is 2.86. The van der Waals surface area contributed by atoms with Crippen molar-refractivity contribution in [1.29, 1.82) is 0 Å². The molecule has 0 aromatic rings. The Balaban J connectivity index is 2.00. The average molecular weight is 225 g/mol. The number of allylic oxidation sites excluding steroid dienone is 1. The first-order chi connectivity index (χ1) is 7.83. The van der Waals surface area contributed by atoms with Crippen LogP contribution in [0, 0.1) is 0 Å². The Labute approximate surface area is 98.3 Å². The standard InChI is InChI=1S/C12H23N3O/c1-14(7-2-3-12-16)8-4-9-15-10-5-13-6-11-15/h2-3,12-13H,4-11H2,1H3. The van der Waals surface area contributed by atoms with Crippen molar-refractivity contribution in [2.24, 2.45) is 0 Å². The number of hydrogen-bond acceptors (Lipinski definition) is 4. The Morgan fingerprint density at radius 1 is 1.38 bits per heavy atom. The van der Waals surface area contributed by atoms with E-state index >= 15 is 0 Å². The predicted octanol–water partition coefficient (Wildman–Crippen LogP) is -0.0314. The maximum Gasteiger partial charge on any atom is 0.142 e. The van der Waals surface area contributed by atoms with Gasteiger partial charge in [0.25, 0.3) is 0 Å². The summed E-state index contributed by atoms with van der Waals surface area (Å²) in [5.41, 5.74) is 0. The molecule has 0 aromatic carbocycles. The van der Waals surface area contributed by atoms with Crippen LogP contribution in [0.4, 0.5) is 0 Å². The topological polar surface area (TPSA) is 35.6 Å². The number of carbonyl (C=O) groups excluding carboxylic acids is 1. The molecular weight excluding hydrogens is 202 g/mol. The van der Waals surface area contributed by atoms with Gasteiger partial charge in [-0.25, -0.2) is 0 Å². The van der Waals surface area contributed by atoms with Crippen molar-refractivity contribution in [2.45, 2.75) is 6.42 Å². The first kappa shape index (κ1) is 13.4. The Morgan fingerprint density at radius 3 is 2.81 bits per heavy atom. The molecule has 1 rings (SSSR count). The van der Waals surface area contributed by atoms with Gasteiger partial charge in [0.15, 0.2) is 0 Å². The van der Waals surface area contributed by atoms with Gasteiger partial charge in [0.1, 0.15) is 6.29 Å². The summed E-state index contributed by atoms with van der Waals surface area (Å²) in [6, 6.07) is 0. The Hall–Kier alpha value is -0.710. The van der Waals surface area contributed by atoms with Crippen LogP contribution in [0.1, 0.15) is 6.42 Å². The number of likely N-dealkylation sites (N-methyl/N-ethyl adjacent to an activating group) is 1. The van der Waals surface area contributed by atoms with Gasteiger partial charge in [-0.1, -0.05) is 6.08 Å². The SMILES string of the molecule is CN(CC=CC=O)CCCN1CCNCC1. The van der Waals surface area contributed by atoms with E-state index in [4.69, 9.17) is 0 Å². The van der Waals surface area contributed by atoms with Crippen LogP contribution in [0.25, 0.3) is 0 Å². The first-order valence-electron chi connectivity index (χ1n) is 6.05. The third-order valence-corrected chi connectivity index (χ3v) is 2.86. The Kier molecular flexibility index (Phi) is 7.05. The van der Waals surface area contributed by atoms with Gasteiger partial charge >= 0.3 is 0 Å². The maximum atomic E-state index is 10.1. The predicted molar refractivity (Wildman–Crippen MR) is 66.6 cm³/mol. The fourth-order valence-electron chi connectivity index (χ4n) is 1.89. The largest absolute Gasteiger partial charge is 0.314 e. The zero-order valence-corrected chi connectivity index (χ0v) is 10.2. The molecule has 1 aliphatic heterocycles. The zero-order chi connectivity index (χ0) is 11.6. The van der Waals surface area contributed by atoms with Gasteiger partial charge in [-0.2, -0.15) is 0 Å². The first-order valence-corrected chi connectivity index (χ1v) is 6.05. The number of rotatable bonds is 7. The lowest BCUT2D eigenvalue weighted by molar-refractivity contribution is -0.104. The number of carbonyl (C=O) groups is 1. The Bertz CT molecular complexity index is 212. The van der Waals surface area contributed by atoms with Crippen LogP contribution >= 0.6 is 0 Å². The van der Waals surface area contributed by atoms with Crippen molar-refractivity contribution in [3.05, 3.63) is 12.2 Å². The smallest absolute Gasteiger partial charge is 0.142 e. The molecule has 1 saturated heterocycles. The van der Waals surface area contributed by atoms with Crippen LogP contribution in [-0.2, 0) is 4.79 Å². The monoisotopic (exact) mass is 225 g/mol. The molecule has 4 nitrogen and oxygen atoms in total. The maximum absolute atomic E-state index is 10.1. The van der Waals surface area contributed by atoms with E-state index < -0.39 is 0 Å². The number of aldehydes is 1. The minimum absolute atomic E-state index is 0.828. The molecule has 0 bridgehead atoms. The van der Waals surface area contributed by atoms with E-state index in [0.29, 0.717) is 0 Å². The van der Waals surface area contributed by atoms with Gasteiger partial charge in [0, 0.05) is 32.7 Å². The van der Waals surface area contributed by atoms with Crippen molar-refractivity contribution in [2.75, 3.05) is 52.9 Å². The molecule has 0 aliphatic carbocycles. The van der Waals surface area contributed by atoms with E-state index in [2.05, 4.69) is 22.2 Å². The number of hydrogen-bond donors (Lipinski definition) is 1. The van der Waals surface area contributed by atoms with Crippen LogP contribution in [0.2, 0.25) is 0 Å². The molecule has 1 aliphatic rings. The average Bonchev–Trinajstić information content (AvgIpc) is 2.31. The fraction of sp³-hybridized carbons (Fsp3) is 0.750. The summed E-state index contributed by atoms with van der Waals surface area (Å²) in [6.07, 6.45) is 5.49. The van der Waals surface area contributed by atoms with Crippen LogP contribution in [0.3, 0.4) is 0 Å². The van der Waals surface area contributed by atoms with Gasteiger partial charge < -0.3 is 15.1 Å². The molecule has 0 aromatic heterocycles. The molecule has 1 N–H and O–H groups in total. The molecule has 0 atom stereocenters. The highest BCUT2D eigenvalue weighted by Crippen LogP contribution is 1.96. The second-order valence-corrected chi connectivity index (χ2v) is 4.27. The van der Waals surface area contributed by atoms with Crippen molar-refractivity contribution >= 4 is 6.29 Å². The molecule has 0 spiro atoms. The minimum Gasteiger partial charge on any atom is -0.314 e. The molecule has 0 amide bonds. The Morgan fingerprint density at radius 2 is 2.12 bits per heavy atom. The van der Waals surface area contributed by atoms with Crippen LogP contribution < -0.4 is 5.32 Å². The molecule has 92 valence electrons. The van der Waals surface area contributed by atoms with Gasteiger partial charge in [0.2, 0.25) is 0 Å². The molecule has 0 saturated carbocycles. The van der Waals surface area contributed by atoms with Gasteiger partial charge in [-0.3, -0.25) is 4.79 Å². The van der Waals surface area contributed by atoms with Crippen LogP contribution in [0.5, 0.6) is 0 Å². The van der Waals surface area contributed by atoms with Crippen molar-refractivity contribution in [1.82, 2.24) is 15.1 Å². The second-order valence-electron chi connectivity index (χ2n) is 4.27. The summed E-state index contributed by atoms with van der Waals surface area (Å²) in [4.78, 5) is 14.8. The number of piperazine rings is 1. The summed E-state index contributed by atoms with van der Waals surface area (Å²) in [5.74, 6) is 0. The van der Waals surface area contributed by atoms with E-state index in [1.165, 1.54) is 26.1 Å². The van der Waals surface area contributed by atoms with Crippen molar-refractivity contribution in [3.8, 4) is 0 Å². The number of nitrogens with one attached hydrogen (secondary N) is 1. The highest BCUT2D eigenvalue weighted by atomic mass is 16.1. The normalized spacial score (nSPS) is 18.4. The highest BCUT2D eigenvalue weighted by Gasteiger charge is 2.08. The second kappa shape index (κ2) is 8.44. The third kappa shape index (κ3) is 6.00. The van der Waals surface area contributed by atoms with Gasteiger partial charge in [-0.05, 0) is 32.6 Å². The summed E-state index contributed by atoms with van der Waals surface area (Å²) in [6.45, 7) is 7.73. The molecular formula is C12H23N3O. The molecule has 0 radical (unpaired) electrons. The lowest BCUT2D eigenvalue weighted by atomic mass is 10.3. The molecule has 1 heterocycles. The van der Waals surface area contributed by atoms with Crippen molar-refractivity contribution < 1.29 is 4.79 Å². The summed E-state index contributed by atoms with van der Waals surface area (Å²) in [7, 11) is 2.09. The van der Waals surface area contributed by atoms with Gasteiger partial charge in [-0.15, -0.1) is 0 Å². The van der Waals surface area contributed by atoms with Gasteiger partial charge in [0.05, 0.1) is 0 Å². The molecule has 4 heteroatoms. The number of nitrogens with zero attached hydrogens (tertiary/aromatic N) is 2. The van der Waals surface area contributed by atoms with E-state index in [0.717, 1.165) is 32.5 Å². The zero-order valence-electron chi connectivity index (χ0n) is 10.2. The summed E-state index contributed by atoms with van der Waals surface area (Å²) in [5, 5.41) is 3.35. The highest BCUT2D eigenvalue weighted by molar-refractivity contribution is 5.64. The minimum atomic E-state index is 0.828. The summed E-state index contributed by atoms with van der Waals surface area (Å²) < 4.78 is 0. The van der Waals surface area contributed by atoms with Crippen LogP contribution in [-0.4, -0.2) is 68.9 Å². The van der Waals surface area contributed by atoms with Crippen molar-refractivity contribution in [3.63, 3.8) is 0 Å². The molecule has 16 heavy (non-hydrogen) atoms. The van der Waals surface area contributed by atoms with E-state index in [9.17, 15) is 4.79 Å². The molecule has 1 fully saturated rings.